The van der Waals surface area contributed by atoms with Crippen LogP contribution in [0.4, 0.5) is 4.39 Å². The summed E-state index contributed by atoms with van der Waals surface area (Å²) < 4.78 is 18.6. The molecule has 0 fully saturated rings. The number of hydrogen-bond donors (Lipinski definition) is 2. The minimum atomic E-state index is -1.04. The maximum Gasteiger partial charge on any atom is 0.253 e. The number of nitrogens with one attached hydrogen (secondary N) is 1. The maximum absolute atomic E-state index is 13.4. The average Bonchev–Trinajstić information content (AvgIpc) is 2.57. The Labute approximate surface area is 138 Å². The van der Waals surface area contributed by atoms with E-state index < -0.39 is 18.0 Å². The molecule has 0 aliphatic carbocycles. The van der Waals surface area contributed by atoms with Crippen LogP contribution in [0.3, 0.4) is 0 Å². The van der Waals surface area contributed by atoms with Crippen molar-refractivity contribution in [2.45, 2.75) is 12.2 Å². The van der Waals surface area contributed by atoms with E-state index in [0.29, 0.717) is 11.1 Å². The van der Waals surface area contributed by atoms with E-state index >= 15 is 0 Å². The molecule has 0 aliphatic rings. The van der Waals surface area contributed by atoms with Crippen LogP contribution < -0.4 is 5.32 Å². The standard InChI is InChI=1S/C17H17ClFNO3/c1-23-16(11-5-3-2-4-6-11)17(22)20-10-15(21)12-7-8-13(18)14(19)9-12/h2-9,15-16,21H,10H2,1H3,(H,20,22)/t15?,16-/m1/s1. The third-order valence-corrected chi connectivity index (χ3v) is 3.68. The number of amides is 1. The second-order valence-electron chi connectivity index (χ2n) is 4.96. The van der Waals surface area contributed by atoms with Crippen molar-refractivity contribution in [2.75, 3.05) is 13.7 Å². The highest BCUT2D eigenvalue weighted by Crippen LogP contribution is 2.21. The minimum Gasteiger partial charge on any atom is -0.387 e. The summed E-state index contributed by atoms with van der Waals surface area (Å²) in [5, 5.41) is 12.6. The van der Waals surface area contributed by atoms with Crippen LogP contribution in [0.25, 0.3) is 0 Å². The Morgan fingerprint density at radius 1 is 1.26 bits per heavy atom. The molecule has 2 N–H and O–H groups in total. The van der Waals surface area contributed by atoms with Gasteiger partial charge in [0.2, 0.25) is 0 Å². The largest absolute Gasteiger partial charge is 0.387 e. The lowest BCUT2D eigenvalue weighted by molar-refractivity contribution is -0.131. The first-order valence-corrected chi connectivity index (χ1v) is 7.39. The van der Waals surface area contributed by atoms with Gasteiger partial charge in [0.1, 0.15) is 5.82 Å². The fraction of sp³-hybridized carbons (Fsp3) is 0.235. The van der Waals surface area contributed by atoms with Crippen molar-refractivity contribution in [2.24, 2.45) is 0 Å². The number of hydrogen-bond acceptors (Lipinski definition) is 3. The summed E-state index contributed by atoms with van der Waals surface area (Å²) >= 11 is 5.60. The first-order valence-electron chi connectivity index (χ1n) is 7.01. The molecule has 0 saturated carbocycles. The number of carbonyl (C=O) groups is 1. The Bertz CT molecular complexity index is 666. The van der Waals surface area contributed by atoms with E-state index in [1.165, 1.54) is 19.2 Å². The number of rotatable bonds is 6. The molecule has 23 heavy (non-hydrogen) atoms. The van der Waals surface area contributed by atoms with Crippen LogP contribution in [0.15, 0.2) is 48.5 Å². The van der Waals surface area contributed by atoms with E-state index in [1.54, 1.807) is 24.3 Å². The molecule has 2 atom stereocenters. The molecule has 6 heteroatoms. The third-order valence-electron chi connectivity index (χ3n) is 3.37. The van der Waals surface area contributed by atoms with Crippen molar-refractivity contribution in [1.29, 1.82) is 0 Å². The zero-order valence-electron chi connectivity index (χ0n) is 12.5. The van der Waals surface area contributed by atoms with Crippen LogP contribution >= 0.6 is 11.6 Å². The van der Waals surface area contributed by atoms with Crippen LogP contribution in [0.2, 0.25) is 5.02 Å². The van der Waals surface area contributed by atoms with Crippen molar-refractivity contribution in [3.05, 3.63) is 70.5 Å². The van der Waals surface area contributed by atoms with Gasteiger partial charge < -0.3 is 15.2 Å². The second-order valence-corrected chi connectivity index (χ2v) is 5.37. The minimum absolute atomic E-state index is 0.0199. The monoisotopic (exact) mass is 337 g/mol. The average molecular weight is 338 g/mol. The molecule has 0 spiro atoms. The number of halogens is 2. The molecular formula is C17H17ClFNO3. The molecule has 2 rings (SSSR count). The molecule has 122 valence electrons. The number of aliphatic hydroxyl groups is 1. The van der Waals surface area contributed by atoms with E-state index in [1.807, 2.05) is 6.07 Å². The molecule has 0 aliphatic heterocycles. The summed E-state index contributed by atoms with van der Waals surface area (Å²) in [6.07, 6.45) is -1.82. The predicted molar refractivity (Wildman–Crippen MR) is 85.6 cm³/mol. The number of ether oxygens (including phenoxy) is 1. The lowest BCUT2D eigenvalue weighted by atomic mass is 10.1. The van der Waals surface area contributed by atoms with Crippen LogP contribution in [0.1, 0.15) is 23.3 Å². The van der Waals surface area contributed by atoms with Gasteiger partial charge in [-0.05, 0) is 23.3 Å². The Kier molecular flexibility index (Phi) is 6.10. The normalized spacial score (nSPS) is 13.4. The molecule has 0 saturated heterocycles. The summed E-state index contributed by atoms with van der Waals surface area (Å²) in [5.74, 6) is -0.999. The highest BCUT2D eigenvalue weighted by atomic mass is 35.5. The zero-order valence-corrected chi connectivity index (χ0v) is 13.3. The maximum atomic E-state index is 13.4. The highest BCUT2D eigenvalue weighted by molar-refractivity contribution is 6.30. The van der Waals surface area contributed by atoms with Crippen LogP contribution in [-0.4, -0.2) is 24.7 Å². The van der Waals surface area contributed by atoms with Gasteiger partial charge in [0.15, 0.2) is 6.10 Å². The molecule has 2 aromatic carbocycles. The number of methoxy groups -OCH3 is 1. The van der Waals surface area contributed by atoms with E-state index in [2.05, 4.69) is 5.32 Å². The van der Waals surface area contributed by atoms with Crippen molar-refractivity contribution < 1.29 is 19.0 Å². The summed E-state index contributed by atoms with van der Waals surface area (Å²) in [7, 11) is 1.43. The Hall–Kier alpha value is -1.95. The first-order chi connectivity index (χ1) is 11.0. The Balaban J connectivity index is 1.98. The van der Waals surface area contributed by atoms with Gasteiger partial charge in [-0.25, -0.2) is 4.39 Å². The predicted octanol–water partition coefficient (Wildman–Crippen LogP) is 3.02. The highest BCUT2D eigenvalue weighted by Gasteiger charge is 2.20. The lowest BCUT2D eigenvalue weighted by Gasteiger charge is -2.18. The van der Waals surface area contributed by atoms with Crippen molar-refractivity contribution >= 4 is 17.5 Å². The molecule has 2 aromatic rings. The van der Waals surface area contributed by atoms with E-state index in [9.17, 15) is 14.3 Å². The molecule has 0 bridgehead atoms. The topological polar surface area (TPSA) is 58.6 Å². The van der Waals surface area contributed by atoms with Gasteiger partial charge in [-0.2, -0.15) is 0 Å². The zero-order chi connectivity index (χ0) is 16.8. The van der Waals surface area contributed by atoms with Gasteiger partial charge in [-0.15, -0.1) is 0 Å². The van der Waals surface area contributed by atoms with Crippen LogP contribution in [-0.2, 0) is 9.53 Å². The molecule has 1 unspecified atom stereocenters. The lowest BCUT2D eigenvalue weighted by Crippen LogP contribution is -2.33. The van der Waals surface area contributed by atoms with Crippen molar-refractivity contribution in [1.82, 2.24) is 5.32 Å². The van der Waals surface area contributed by atoms with Crippen LogP contribution in [0, 0.1) is 5.82 Å². The van der Waals surface area contributed by atoms with Gasteiger partial charge in [-0.3, -0.25) is 4.79 Å². The summed E-state index contributed by atoms with van der Waals surface area (Å²) in [4.78, 5) is 12.2. The van der Waals surface area contributed by atoms with Gasteiger partial charge >= 0.3 is 0 Å². The second kappa shape index (κ2) is 8.06. The quantitative estimate of drug-likeness (QED) is 0.852. The number of carbonyl (C=O) groups excluding carboxylic acids is 1. The Morgan fingerprint density at radius 3 is 2.57 bits per heavy atom. The van der Waals surface area contributed by atoms with Crippen molar-refractivity contribution in [3.8, 4) is 0 Å². The summed E-state index contributed by atoms with van der Waals surface area (Å²) in [6, 6.07) is 13.0. The van der Waals surface area contributed by atoms with Gasteiger partial charge in [0.25, 0.3) is 5.91 Å². The molecule has 0 heterocycles. The van der Waals surface area contributed by atoms with E-state index in [0.717, 1.165) is 6.07 Å². The van der Waals surface area contributed by atoms with Gasteiger partial charge in [-0.1, -0.05) is 48.0 Å². The first kappa shape index (κ1) is 17.4. The van der Waals surface area contributed by atoms with Gasteiger partial charge in [0, 0.05) is 13.7 Å². The number of benzene rings is 2. The fourth-order valence-electron chi connectivity index (χ4n) is 2.15. The smallest absolute Gasteiger partial charge is 0.253 e. The molecular weight excluding hydrogens is 321 g/mol. The molecule has 4 nitrogen and oxygen atoms in total. The number of aliphatic hydroxyl groups excluding tert-OH is 1. The van der Waals surface area contributed by atoms with Gasteiger partial charge in [0.05, 0.1) is 11.1 Å². The molecule has 0 radical (unpaired) electrons. The Morgan fingerprint density at radius 2 is 1.96 bits per heavy atom. The summed E-state index contributed by atoms with van der Waals surface area (Å²) in [6.45, 7) is -0.0629. The fourth-order valence-corrected chi connectivity index (χ4v) is 2.27. The van der Waals surface area contributed by atoms with E-state index in [-0.39, 0.29) is 17.5 Å². The molecule has 0 aromatic heterocycles. The SMILES string of the molecule is CO[C@@H](C(=O)NCC(O)c1ccc(Cl)c(F)c1)c1ccccc1. The third kappa shape index (κ3) is 4.51. The van der Waals surface area contributed by atoms with E-state index in [4.69, 9.17) is 16.3 Å². The molecule has 1 amide bonds. The van der Waals surface area contributed by atoms with Crippen molar-refractivity contribution in [3.63, 3.8) is 0 Å². The van der Waals surface area contributed by atoms with Crippen LogP contribution in [0.5, 0.6) is 0 Å². The summed E-state index contributed by atoms with van der Waals surface area (Å²) in [5.41, 5.74) is 1.04.